The minimum absolute atomic E-state index is 0.424. The SMILES string of the molecule is CCC(C)CSc1ccc(C)cc1C(=O)O. The summed E-state index contributed by atoms with van der Waals surface area (Å²) in [6.07, 6.45) is 1.13. The molecule has 1 unspecified atom stereocenters. The topological polar surface area (TPSA) is 37.3 Å². The number of carbonyl (C=O) groups is 1. The first kappa shape index (κ1) is 13.1. The van der Waals surface area contributed by atoms with Gasteiger partial charge < -0.3 is 5.11 Å². The van der Waals surface area contributed by atoms with Gasteiger partial charge in [-0.15, -0.1) is 11.8 Å². The molecule has 0 aliphatic carbocycles. The number of thioether (sulfide) groups is 1. The summed E-state index contributed by atoms with van der Waals surface area (Å²) in [5.41, 5.74) is 1.42. The molecule has 0 heterocycles. The van der Waals surface area contributed by atoms with Crippen LogP contribution in [0.1, 0.15) is 36.2 Å². The first-order valence-corrected chi connectivity index (χ1v) is 6.50. The molecule has 0 fully saturated rings. The van der Waals surface area contributed by atoms with Crippen LogP contribution in [-0.2, 0) is 0 Å². The van der Waals surface area contributed by atoms with E-state index in [9.17, 15) is 4.79 Å². The van der Waals surface area contributed by atoms with Crippen LogP contribution in [0.5, 0.6) is 0 Å². The molecule has 1 rings (SSSR count). The van der Waals surface area contributed by atoms with Crippen molar-refractivity contribution >= 4 is 17.7 Å². The number of carboxylic acid groups (broad SMARTS) is 1. The average molecular weight is 238 g/mol. The summed E-state index contributed by atoms with van der Waals surface area (Å²) in [4.78, 5) is 11.9. The van der Waals surface area contributed by atoms with Crippen LogP contribution in [-0.4, -0.2) is 16.8 Å². The van der Waals surface area contributed by atoms with E-state index >= 15 is 0 Å². The summed E-state index contributed by atoms with van der Waals surface area (Å²) in [5, 5.41) is 9.10. The molecule has 1 aromatic carbocycles. The van der Waals surface area contributed by atoms with Crippen molar-refractivity contribution < 1.29 is 9.90 Å². The van der Waals surface area contributed by atoms with Gasteiger partial charge in [0, 0.05) is 10.6 Å². The molecule has 2 nitrogen and oxygen atoms in total. The van der Waals surface area contributed by atoms with E-state index < -0.39 is 5.97 Å². The zero-order valence-electron chi connectivity index (χ0n) is 9.99. The lowest BCUT2D eigenvalue weighted by molar-refractivity contribution is 0.0693. The van der Waals surface area contributed by atoms with Gasteiger partial charge in [-0.1, -0.05) is 31.9 Å². The quantitative estimate of drug-likeness (QED) is 0.792. The lowest BCUT2D eigenvalue weighted by Gasteiger charge is -2.10. The Balaban J connectivity index is 2.82. The maximum absolute atomic E-state index is 11.1. The zero-order chi connectivity index (χ0) is 12.1. The summed E-state index contributed by atoms with van der Waals surface area (Å²) in [6.45, 7) is 6.25. The maximum Gasteiger partial charge on any atom is 0.336 e. The van der Waals surface area contributed by atoms with Crippen LogP contribution in [0.15, 0.2) is 23.1 Å². The van der Waals surface area contributed by atoms with Crippen LogP contribution in [0.2, 0.25) is 0 Å². The highest BCUT2D eigenvalue weighted by Gasteiger charge is 2.11. The Bertz CT molecular complexity index is 374. The molecule has 1 N–H and O–H groups in total. The molecule has 3 heteroatoms. The third kappa shape index (κ3) is 3.56. The fraction of sp³-hybridized carbons (Fsp3) is 0.462. The van der Waals surface area contributed by atoms with E-state index in [1.807, 2.05) is 19.1 Å². The summed E-state index contributed by atoms with van der Waals surface area (Å²) < 4.78 is 0. The molecule has 0 aromatic heterocycles. The highest BCUT2D eigenvalue weighted by molar-refractivity contribution is 7.99. The van der Waals surface area contributed by atoms with E-state index in [0.717, 1.165) is 22.6 Å². The van der Waals surface area contributed by atoms with Gasteiger partial charge in [0.05, 0.1) is 5.56 Å². The van der Waals surface area contributed by atoms with E-state index in [1.54, 1.807) is 17.8 Å². The van der Waals surface area contributed by atoms with Gasteiger partial charge in [-0.05, 0) is 25.0 Å². The van der Waals surface area contributed by atoms with E-state index in [0.29, 0.717) is 11.5 Å². The summed E-state index contributed by atoms with van der Waals surface area (Å²) >= 11 is 1.64. The molecule has 0 aliphatic heterocycles. The van der Waals surface area contributed by atoms with Crippen molar-refractivity contribution in [1.82, 2.24) is 0 Å². The second-order valence-electron chi connectivity index (χ2n) is 4.13. The highest BCUT2D eigenvalue weighted by atomic mass is 32.2. The fourth-order valence-corrected chi connectivity index (χ4v) is 2.45. The number of hydrogen-bond acceptors (Lipinski definition) is 2. The molecule has 0 spiro atoms. The van der Waals surface area contributed by atoms with Gasteiger partial charge in [-0.25, -0.2) is 4.79 Å². The Labute approximate surface area is 101 Å². The van der Waals surface area contributed by atoms with Gasteiger partial charge in [0.25, 0.3) is 0 Å². The first-order chi connectivity index (χ1) is 7.54. The number of carboxylic acids is 1. The predicted molar refractivity (Wildman–Crippen MR) is 68.3 cm³/mol. The molecule has 0 saturated heterocycles. The van der Waals surface area contributed by atoms with Crippen molar-refractivity contribution in [3.8, 4) is 0 Å². The molecule has 0 amide bonds. The Morgan fingerprint density at radius 3 is 2.75 bits per heavy atom. The van der Waals surface area contributed by atoms with E-state index in [2.05, 4.69) is 13.8 Å². The fourth-order valence-electron chi connectivity index (χ4n) is 1.29. The molecule has 88 valence electrons. The molecule has 0 aliphatic rings. The van der Waals surface area contributed by atoms with Crippen LogP contribution in [0.4, 0.5) is 0 Å². The van der Waals surface area contributed by atoms with E-state index in [-0.39, 0.29) is 0 Å². The largest absolute Gasteiger partial charge is 0.478 e. The smallest absolute Gasteiger partial charge is 0.336 e. The van der Waals surface area contributed by atoms with Gasteiger partial charge in [-0.3, -0.25) is 0 Å². The number of hydrogen-bond donors (Lipinski definition) is 1. The minimum Gasteiger partial charge on any atom is -0.478 e. The summed E-state index contributed by atoms with van der Waals surface area (Å²) in [7, 11) is 0. The lowest BCUT2D eigenvalue weighted by atomic mass is 10.1. The standard InChI is InChI=1S/C13H18O2S/c1-4-9(2)8-16-12-6-5-10(3)7-11(12)13(14)15/h5-7,9H,4,8H2,1-3H3,(H,14,15). The van der Waals surface area contributed by atoms with Crippen LogP contribution in [0.3, 0.4) is 0 Å². The minimum atomic E-state index is -0.838. The molecular formula is C13H18O2S. The van der Waals surface area contributed by atoms with E-state index in [4.69, 9.17) is 5.11 Å². The van der Waals surface area contributed by atoms with Crippen molar-refractivity contribution in [3.63, 3.8) is 0 Å². The number of aryl methyl sites for hydroxylation is 1. The molecule has 16 heavy (non-hydrogen) atoms. The van der Waals surface area contributed by atoms with Crippen LogP contribution in [0.25, 0.3) is 0 Å². The molecular weight excluding hydrogens is 220 g/mol. The Morgan fingerprint density at radius 1 is 1.50 bits per heavy atom. The monoisotopic (exact) mass is 238 g/mol. The predicted octanol–water partition coefficient (Wildman–Crippen LogP) is 3.83. The van der Waals surface area contributed by atoms with Gasteiger partial charge in [0.1, 0.15) is 0 Å². The molecule has 1 atom stereocenters. The zero-order valence-corrected chi connectivity index (χ0v) is 10.8. The van der Waals surface area contributed by atoms with Gasteiger partial charge in [-0.2, -0.15) is 0 Å². The molecule has 0 bridgehead atoms. The van der Waals surface area contributed by atoms with Gasteiger partial charge in [0.15, 0.2) is 0 Å². The Kier molecular flexibility index (Phi) is 4.87. The van der Waals surface area contributed by atoms with Crippen LogP contribution >= 0.6 is 11.8 Å². The molecule has 0 radical (unpaired) electrons. The van der Waals surface area contributed by atoms with Crippen molar-refractivity contribution in [2.45, 2.75) is 32.1 Å². The Morgan fingerprint density at radius 2 is 2.19 bits per heavy atom. The van der Waals surface area contributed by atoms with Crippen molar-refractivity contribution in [1.29, 1.82) is 0 Å². The third-order valence-corrected chi connectivity index (χ3v) is 3.99. The van der Waals surface area contributed by atoms with Gasteiger partial charge in [0.2, 0.25) is 0 Å². The third-order valence-electron chi connectivity index (χ3n) is 2.59. The van der Waals surface area contributed by atoms with Crippen molar-refractivity contribution in [2.24, 2.45) is 5.92 Å². The lowest BCUT2D eigenvalue weighted by Crippen LogP contribution is -2.01. The molecule has 0 saturated carbocycles. The first-order valence-electron chi connectivity index (χ1n) is 5.51. The van der Waals surface area contributed by atoms with E-state index in [1.165, 1.54) is 0 Å². The number of rotatable bonds is 5. The number of aromatic carboxylic acids is 1. The highest BCUT2D eigenvalue weighted by Crippen LogP contribution is 2.26. The number of benzene rings is 1. The second kappa shape index (κ2) is 5.94. The van der Waals surface area contributed by atoms with Gasteiger partial charge >= 0.3 is 5.97 Å². The van der Waals surface area contributed by atoms with Crippen LogP contribution in [0, 0.1) is 12.8 Å². The van der Waals surface area contributed by atoms with Crippen molar-refractivity contribution in [2.75, 3.05) is 5.75 Å². The second-order valence-corrected chi connectivity index (χ2v) is 5.19. The van der Waals surface area contributed by atoms with Crippen molar-refractivity contribution in [3.05, 3.63) is 29.3 Å². The summed E-state index contributed by atoms with van der Waals surface area (Å²) in [6, 6.07) is 5.61. The maximum atomic E-state index is 11.1. The van der Waals surface area contributed by atoms with Crippen LogP contribution < -0.4 is 0 Å². The molecule has 1 aromatic rings. The Hall–Kier alpha value is -0.960. The summed E-state index contributed by atoms with van der Waals surface area (Å²) in [5.74, 6) is 0.753. The normalized spacial score (nSPS) is 12.4. The average Bonchev–Trinajstić information content (AvgIpc) is 2.26.